The van der Waals surface area contributed by atoms with Crippen molar-refractivity contribution in [3.05, 3.63) is 60.2 Å². The van der Waals surface area contributed by atoms with Gasteiger partial charge in [0.1, 0.15) is 11.9 Å². The van der Waals surface area contributed by atoms with Crippen LogP contribution >= 0.6 is 0 Å². The standard InChI is InChI=1S/C15H17NO/c1-12(13-6-4-3-5-7-13)17-15-10-8-14(16-2)9-11-15/h3-12,16H,1-2H3. The van der Waals surface area contributed by atoms with Crippen molar-refractivity contribution in [3.63, 3.8) is 0 Å². The summed E-state index contributed by atoms with van der Waals surface area (Å²) in [5.41, 5.74) is 2.27. The van der Waals surface area contributed by atoms with E-state index in [4.69, 9.17) is 4.74 Å². The molecule has 0 saturated heterocycles. The van der Waals surface area contributed by atoms with Gasteiger partial charge >= 0.3 is 0 Å². The zero-order valence-corrected chi connectivity index (χ0v) is 10.2. The zero-order chi connectivity index (χ0) is 12.1. The summed E-state index contributed by atoms with van der Waals surface area (Å²) in [4.78, 5) is 0. The van der Waals surface area contributed by atoms with Crippen LogP contribution in [0.4, 0.5) is 5.69 Å². The van der Waals surface area contributed by atoms with E-state index in [1.54, 1.807) is 0 Å². The van der Waals surface area contributed by atoms with Crippen LogP contribution in [0.15, 0.2) is 54.6 Å². The number of benzene rings is 2. The summed E-state index contributed by atoms with van der Waals surface area (Å²) in [7, 11) is 1.91. The molecule has 0 saturated carbocycles. The molecule has 0 aliphatic carbocycles. The number of hydrogen-bond acceptors (Lipinski definition) is 2. The van der Waals surface area contributed by atoms with Crippen LogP contribution in [0.5, 0.6) is 5.75 Å². The van der Waals surface area contributed by atoms with Crippen LogP contribution in [0.1, 0.15) is 18.6 Å². The average Bonchev–Trinajstić information content (AvgIpc) is 2.40. The molecule has 2 heteroatoms. The topological polar surface area (TPSA) is 21.3 Å². The van der Waals surface area contributed by atoms with Crippen LogP contribution in [0.3, 0.4) is 0 Å². The van der Waals surface area contributed by atoms with Crippen molar-refractivity contribution in [1.82, 2.24) is 0 Å². The smallest absolute Gasteiger partial charge is 0.121 e. The molecule has 0 radical (unpaired) electrons. The van der Waals surface area contributed by atoms with Gasteiger partial charge in [0.2, 0.25) is 0 Å². The van der Waals surface area contributed by atoms with Crippen molar-refractivity contribution in [1.29, 1.82) is 0 Å². The maximum atomic E-state index is 5.87. The molecule has 17 heavy (non-hydrogen) atoms. The number of hydrogen-bond donors (Lipinski definition) is 1. The van der Waals surface area contributed by atoms with Gasteiger partial charge < -0.3 is 10.1 Å². The summed E-state index contributed by atoms with van der Waals surface area (Å²) in [5, 5.41) is 3.08. The minimum atomic E-state index is 0.0663. The second kappa shape index (κ2) is 5.39. The van der Waals surface area contributed by atoms with Gasteiger partial charge in [-0.3, -0.25) is 0 Å². The van der Waals surface area contributed by atoms with E-state index in [-0.39, 0.29) is 6.10 Å². The van der Waals surface area contributed by atoms with E-state index >= 15 is 0 Å². The first kappa shape index (κ1) is 11.5. The first-order chi connectivity index (χ1) is 8.29. The fourth-order valence-corrected chi connectivity index (χ4v) is 1.70. The maximum Gasteiger partial charge on any atom is 0.121 e. The van der Waals surface area contributed by atoms with Crippen molar-refractivity contribution in [3.8, 4) is 5.75 Å². The van der Waals surface area contributed by atoms with Crippen LogP contribution in [0.2, 0.25) is 0 Å². The highest BCUT2D eigenvalue weighted by atomic mass is 16.5. The average molecular weight is 227 g/mol. The van der Waals surface area contributed by atoms with Crippen LogP contribution in [0.25, 0.3) is 0 Å². The van der Waals surface area contributed by atoms with E-state index in [0.717, 1.165) is 11.4 Å². The highest BCUT2D eigenvalue weighted by Gasteiger charge is 2.05. The van der Waals surface area contributed by atoms with Crippen LogP contribution in [-0.2, 0) is 0 Å². The number of rotatable bonds is 4. The molecule has 2 nitrogen and oxygen atoms in total. The second-order valence-electron chi connectivity index (χ2n) is 3.95. The largest absolute Gasteiger partial charge is 0.486 e. The van der Waals surface area contributed by atoms with Crippen molar-refractivity contribution >= 4 is 5.69 Å². The molecular formula is C15H17NO. The van der Waals surface area contributed by atoms with E-state index < -0.39 is 0 Å². The Kier molecular flexibility index (Phi) is 3.66. The molecule has 2 aromatic carbocycles. The molecule has 2 aromatic rings. The van der Waals surface area contributed by atoms with Gasteiger partial charge in [-0.15, -0.1) is 0 Å². The lowest BCUT2D eigenvalue weighted by molar-refractivity contribution is 0.227. The maximum absolute atomic E-state index is 5.87. The fraction of sp³-hybridized carbons (Fsp3) is 0.200. The molecule has 2 rings (SSSR count). The van der Waals surface area contributed by atoms with Gasteiger partial charge in [-0.2, -0.15) is 0 Å². The molecule has 88 valence electrons. The third-order valence-corrected chi connectivity index (χ3v) is 2.72. The van der Waals surface area contributed by atoms with E-state index in [1.807, 2.05) is 49.5 Å². The first-order valence-corrected chi connectivity index (χ1v) is 5.79. The molecule has 0 aromatic heterocycles. The molecule has 0 amide bonds. The predicted molar refractivity (Wildman–Crippen MR) is 71.5 cm³/mol. The Morgan fingerprint density at radius 3 is 2.18 bits per heavy atom. The summed E-state index contributed by atoms with van der Waals surface area (Å²) in [5.74, 6) is 0.889. The summed E-state index contributed by atoms with van der Waals surface area (Å²) in [6, 6.07) is 18.2. The molecular weight excluding hydrogens is 210 g/mol. The molecule has 1 N–H and O–H groups in total. The van der Waals surface area contributed by atoms with E-state index in [1.165, 1.54) is 5.56 Å². The molecule has 0 bridgehead atoms. The molecule has 0 fully saturated rings. The number of ether oxygens (including phenoxy) is 1. The summed E-state index contributed by atoms with van der Waals surface area (Å²) >= 11 is 0. The summed E-state index contributed by atoms with van der Waals surface area (Å²) < 4.78 is 5.87. The Morgan fingerprint density at radius 2 is 1.59 bits per heavy atom. The Morgan fingerprint density at radius 1 is 0.941 bits per heavy atom. The molecule has 0 aliphatic heterocycles. The van der Waals surface area contributed by atoms with Crippen molar-refractivity contribution in [2.75, 3.05) is 12.4 Å². The van der Waals surface area contributed by atoms with E-state index in [2.05, 4.69) is 24.4 Å². The Labute approximate surface area is 102 Å². The van der Waals surface area contributed by atoms with Crippen molar-refractivity contribution in [2.24, 2.45) is 0 Å². The van der Waals surface area contributed by atoms with E-state index in [9.17, 15) is 0 Å². The Bertz CT molecular complexity index is 450. The van der Waals surface area contributed by atoms with Gasteiger partial charge in [-0.25, -0.2) is 0 Å². The van der Waals surface area contributed by atoms with Gasteiger partial charge in [0, 0.05) is 12.7 Å². The second-order valence-corrected chi connectivity index (χ2v) is 3.95. The molecule has 0 heterocycles. The van der Waals surface area contributed by atoms with Gasteiger partial charge in [-0.1, -0.05) is 30.3 Å². The van der Waals surface area contributed by atoms with Crippen LogP contribution in [-0.4, -0.2) is 7.05 Å². The lowest BCUT2D eigenvalue weighted by Crippen LogP contribution is -2.02. The molecule has 1 unspecified atom stereocenters. The SMILES string of the molecule is CNc1ccc(OC(C)c2ccccc2)cc1. The molecule has 0 spiro atoms. The minimum absolute atomic E-state index is 0.0663. The Balaban J connectivity index is 2.05. The Hall–Kier alpha value is -1.96. The molecule has 1 atom stereocenters. The van der Waals surface area contributed by atoms with E-state index in [0.29, 0.717) is 0 Å². The van der Waals surface area contributed by atoms with Crippen LogP contribution < -0.4 is 10.1 Å². The lowest BCUT2D eigenvalue weighted by atomic mass is 10.1. The number of nitrogens with one attached hydrogen (secondary N) is 1. The van der Waals surface area contributed by atoms with Crippen molar-refractivity contribution < 1.29 is 4.74 Å². The van der Waals surface area contributed by atoms with Gasteiger partial charge in [0.15, 0.2) is 0 Å². The zero-order valence-electron chi connectivity index (χ0n) is 10.2. The predicted octanol–water partition coefficient (Wildman–Crippen LogP) is 3.87. The van der Waals surface area contributed by atoms with Crippen LogP contribution in [0, 0.1) is 0 Å². The van der Waals surface area contributed by atoms with Gasteiger partial charge in [0.05, 0.1) is 0 Å². The highest BCUT2D eigenvalue weighted by molar-refractivity contribution is 5.45. The summed E-state index contributed by atoms with van der Waals surface area (Å²) in [6.07, 6.45) is 0.0663. The molecule has 0 aliphatic rings. The first-order valence-electron chi connectivity index (χ1n) is 5.79. The van der Waals surface area contributed by atoms with Gasteiger partial charge in [-0.05, 0) is 36.8 Å². The third kappa shape index (κ3) is 3.00. The minimum Gasteiger partial charge on any atom is -0.486 e. The highest BCUT2D eigenvalue weighted by Crippen LogP contribution is 2.22. The third-order valence-electron chi connectivity index (χ3n) is 2.72. The van der Waals surface area contributed by atoms with Crippen molar-refractivity contribution in [2.45, 2.75) is 13.0 Å². The monoisotopic (exact) mass is 227 g/mol. The summed E-state index contributed by atoms with van der Waals surface area (Å²) in [6.45, 7) is 2.06. The number of anilines is 1. The normalized spacial score (nSPS) is 11.9. The van der Waals surface area contributed by atoms with Gasteiger partial charge in [0.25, 0.3) is 0 Å². The quantitative estimate of drug-likeness (QED) is 0.856. The fourth-order valence-electron chi connectivity index (χ4n) is 1.70. The lowest BCUT2D eigenvalue weighted by Gasteiger charge is -2.15.